The Morgan fingerprint density at radius 2 is 1.96 bits per heavy atom. The molecule has 0 spiro atoms. The Bertz CT molecular complexity index is 810. The number of halogens is 3. The van der Waals surface area contributed by atoms with Crippen molar-refractivity contribution >= 4 is 17.4 Å². The van der Waals surface area contributed by atoms with Crippen molar-refractivity contribution < 1.29 is 27.5 Å². The summed E-state index contributed by atoms with van der Waals surface area (Å²) in [5.74, 6) is -1.14. The van der Waals surface area contributed by atoms with Gasteiger partial charge in [0.05, 0.1) is 0 Å². The number of benzene rings is 1. The number of hydrogen-bond donors (Lipinski definition) is 2. The van der Waals surface area contributed by atoms with E-state index in [1.165, 1.54) is 19.1 Å². The van der Waals surface area contributed by atoms with E-state index in [1.807, 2.05) is 6.92 Å². The van der Waals surface area contributed by atoms with Gasteiger partial charge in [0.1, 0.15) is 11.4 Å². The predicted octanol–water partition coefficient (Wildman–Crippen LogP) is 4.24. The van der Waals surface area contributed by atoms with Crippen molar-refractivity contribution in [1.82, 2.24) is 4.98 Å². The van der Waals surface area contributed by atoms with Crippen LogP contribution in [0, 0.1) is 6.92 Å². The second-order valence-electron chi connectivity index (χ2n) is 5.42. The highest BCUT2D eigenvalue weighted by atomic mass is 19.4. The molecule has 5 nitrogen and oxygen atoms in total. The molecule has 0 bridgehead atoms. The Balaban J connectivity index is 2.28. The molecule has 0 aliphatic carbocycles. The number of Topliss-reactive ketones (excluding diaryl/α,β-unsaturated/α-hetero) is 1. The summed E-state index contributed by atoms with van der Waals surface area (Å²) >= 11 is 0. The van der Waals surface area contributed by atoms with E-state index in [9.17, 15) is 22.8 Å². The minimum atomic E-state index is -4.81. The van der Waals surface area contributed by atoms with Crippen LogP contribution in [0.5, 0.6) is 5.75 Å². The first-order chi connectivity index (χ1) is 11.6. The topological polar surface area (TPSA) is 71.2 Å². The first-order valence-corrected chi connectivity index (χ1v) is 7.52. The fourth-order valence-corrected chi connectivity index (χ4v) is 2.67. The van der Waals surface area contributed by atoms with Gasteiger partial charge in [-0.05, 0) is 38.0 Å². The van der Waals surface area contributed by atoms with Gasteiger partial charge >= 0.3 is 6.36 Å². The fourth-order valence-electron chi connectivity index (χ4n) is 2.67. The number of aromatic amines is 1. The summed E-state index contributed by atoms with van der Waals surface area (Å²) in [5, 5.41) is 2.51. The molecule has 0 atom stereocenters. The summed E-state index contributed by atoms with van der Waals surface area (Å²) in [6.07, 6.45) is -4.36. The largest absolute Gasteiger partial charge is 0.573 e. The van der Waals surface area contributed by atoms with E-state index < -0.39 is 18.0 Å². The Labute approximate surface area is 142 Å². The molecular weight excluding hydrogens is 337 g/mol. The zero-order chi connectivity index (χ0) is 18.8. The first-order valence-electron chi connectivity index (χ1n) is 7.52. The Morgan fingerprint density at radius 3 is 2.52 bits per heavy atom. The molecule has 2 aromatic rings. The summed E-state index contributed by atoms with van der Waals surface area (Å²) in [5.41, 5.74) is 1.97. The Hall–Kier alpha value is -2.77. The van der Waals surface area contributed by atoms with Gasteiger partial charge in [-0.2, -0.15) is 0 Å². The third kappa shape index (κ3) is 4.40. The number of carbonyl (C=O) groups excluding carboxylic acids is 2. The number of amides is 1. The maximum atomic E-state index is 12.5. The maximum absolute atomic E-state index is 12.5. The number of alkyl halides is 3. The molecule has 1 aromatic carbocycles. The molecule has 8 heteroatoms. The van der Waals surface area contributed by atoms with Crippen molar-refractivity contribution in [3.63, 3.8) is 0 Å². The fraction of sp³-hybridized carbons (Fsp3) is 0.294. The van der Waals surface area contributed by atoms with Gasteiger partial charge in [0.25, 0.3) is 5.91 Å². The number of rotatable bonds is 5. The number of hydrogen-bond acceptors (Lipinski definition) is 3. The third-order valence-electron chi connectivity index (χ3n) is 3.55. The number of ketones is 1. The summed E-state index contributed by atoms with van der Waals surface area (Å²) in [4.78, 5) is 27.1. The highest BCUT2D eigenvalue weighted by Gasteiger charge is 2.31. The minimum Gasteiger partial charge on any atom is -0.406 e. The molecule has 0 radical (unpaired) electrons. The van der Waals surface area contributed by atoms with E-state index >= 15 is 0 Å². The molecule has 1 heterocycles. The van der Waals surface area contributed by atoms with Crippen molar-refractivity contribution in [1.29, 1.82) is 0 Å². The molecular formula is C17H17F3N2O3. The monoisotopic (exact) mass is 354 g/mol. The summed E-state index contributed by atoms with van der Waals surface area (Å²) in [6, 6.07) is 4.97. The molecule has 0 aliphatic rings. The molecule has 0 aliphatic heterocycles. The lowest BCUT2D eigenvalue weighted by molar-refractivity contribution is -0.274. The Morgan fingerprint density at radius 1 is 1.28 bits per heavy atom. The molecule has 0 fully saturated rings. The van der Waals surface area contributed by atoms with Gasteiger partial charge < -0.3 is 15.0 Å². The quantitative estimate of drug-likeness (QED) is 0.789. The lowest BCUT2D eigenvalue weighted by Crippen LogP contribution is -2.18. The van der Waals surface area contributed by atoms with Crippen LogP contribution in [0.1, 0.15) is 46.0 Å². The molecule has 1 aromatic heterocycles. The van der Waals surface area contributed by atoms with E-state index in [0.717, 1.165) is 12.1 Å². The molecule has 1 amide bonds. The van der Waals surface area contributed by atoms with Gasteiger partial charge in [-0.1, -0.05) is 13.0 Å². The third-order valence-corrected chi connectivity index (χ3v) is 3.55. The summed E-state index contributed by atoms with van der Waals surface area (Å²) in [7, 11) is 0. The van der Waals surface area contributed by atoms with Crippen LogP contribution >= 0.6 is 0 Å². The highest BCUT2D eigenvalue weighted by molar-refractivity contribution is 6.07. The van der Waals surface area contributed by atoms with Gasteiger partial charge in [0.15, 0.2) is 5.78 Å². The van der Waals surface area contributed by atoms with Gasteiger partial charge in [0, 0.05) is 23.0 Å². The van der Waals surface area contributed by atoms with Gasteiger partial charge in [-0.3, -0.25) is 9.59 Å². The molecule has 2 rings (SSSR count). The zero-order valence-electron chi connectivity index (χ0n) is 13.9. The molecule has 134 valence electrons. The van der Waals surface area contributed by atoms with Crippen LogP contribution in [0.3, 0.4) is 0 Å². The number of carbonyl (C=O) groups is 2. The van der Waals surface area contributed by atoms with Crippen LogP contribution in [0.15, 0.2) is 24.3 Å². The van der Waals surface area contributed by atoms with Crippen molar-refractivity contribution in [2.75, 3.05) is 5.32 Å². The van der Waals surface area contributed by atoms with E-state index in [0.29, 0.717) is 23.2 Å². The van der Waals surface area contributed by atoms with Crippen LogP contribution in [0.4, 0.5) is 18.9 Å². The lowest BCUT2D eigenvalue weighted by atomic mass is 10.0. The van der Waals surface area contributed by atoms with E-state index in [-0.39, 0.29) is 17.2 Å². The minimum absolute atomic E-state index is 0.144. The van der Waals surface area contributed by atoms with Gasteiger partial charge in [0.2, 0.25) is 0 Å². The molecule has 2 N–H and O–H groups in total. The lowest BCUT2D eigenvalue weighted by Gasteiger charge is -2.11. The predicted molar refractivity (Wildman–Crippen MR) is 86.0 cm³/mol. The average molecular weight is 354 g/mol. The SMILES string of the molecule is CCc1c(C(=O)Nc2cccc(OC(F)(F)F)c2)[nH]c(C)c1C(C)=O. The number of anilines is 1. The molecule has 0 unspecified atom stereocenters. The number of aryl methyl sites for hydroxylation is 1. The number of nitrogens with one attached hydrogen (secondary N) is 2. The van der Waals surface area contributed by atoms with Crippen LogP contribution in [0.2, 0.25) is 0 Å². The Kier molecular flexibility index (Phi) is 5.20. The summed E-state index contributed by atoms with van der Waals surface area (Å²) in [6.45, 7) is 4.91. The van der Waals surface area contributed by atoms with Crippen LogP contribution in [-0.2, 0) is 6.42 Å². The highest BCUT2D eigenvalue weighted by Crippen LogP contribution is 2.26. The van der Waals surface area contributed by atoms with E-state index in [4.69, 9.17) is 0 Å². The van der Waals surface area contributed by atoms with Crippen molar-refractivity contribution in [2.45, 2.75) is 33.6 Å². The van der Waals surface area contributed by atoms with Crippen molar-refractivity contribution in [3.8, 4) is 5.75 Å². The second-order valence-corrected chi connectivity index (χ2v) is 5.42. The average Bonchev–Trinajstić information content (AvgIpc) is 2.82. The van der Waals surface area contributed by atoms with Crippen LogP contribution < -0.4 is 10.1 Å². The molecule has 0 saturated carbocycles. The smallest absolute Gasteiger partial charge is 0.406 e. The van der Waals surface area contributed by atoms with Gasteiger partial charge in [-0.25, -0.2) is 0 Å². The van der Waals surface area contributed by atoms with Crippen molar-refractivity contribution in [3.05, 3.63) is 46.8 Å². The normalized spacial score (nSPS) is 11.3. The van der Waals surface area contributed by atoms with Crippen LogP contribution in [-0.4, -0.2) is 23.0 Å². The number of H-pyrrole nitrogens is 1. The van der Waals surface area contributed by atoms with Crippen molar-refractivity contribution in [2.24, 2.45) is 0 Å². The first kappa shape index (κ1) is 18.6. The van der Waals surface area contributed by atoms with Crippen LogP contribution in [0.25, 0.3) is 0 Å². The number of ether oxygens (including phenoxy) is 1. The standard InChI is InChI=1S/C17H17F3N2O3/c1-4-13-14(10(3)23)9(2)21-15(13)16(24)22-11-6-5-7-12(8-11)25-17(18,19)20/h5-8,21H,4H2,1-3H3,(H,22,24). The molecule has 25 heavy (non-hydrogen) atoms. The van der Waals surface area contributed by atoms with E-state index in [2.05, 4.69) is 15.0 Å². The maximum Gasteiger partial charge on any atom is 0.573 e. The zero-order valence-corrected chi connectivity index (χ0v) is 13.9. The van der Waals surface area contributed by atoms with E-state index in [1.54, 1.807) is 6.92 Å². The second kappa shape index (κ2) is 7.00. The number of aromatic nitrogens is 1. The van der Waals surface area contributed by atoms with Gasteiger partial charge in [-0.15, -0.1) is 13.2 Å². The summed E-state index contributed by atoms with van der Waals surface area (Å²) < 4.78 is 40.7. The molecule has 0 saturated heterocycles.